The number of aromatic nitrogens is 2. The molecule has 26 heavy (non-hydrogen) atoms. The molecular formula is C19H25N3O4. The maximum atomic E-state index is 12.9. The Kier molecular flexibility index (Phi) is 4.98. The second kappa shape index (κ2) is 7.05. The minimum absolute atomic E-state index is 0.125. The van der Waals surface area contributed by atoms with Crippen molar-refractivity contribution in [1.29, 1.82) is 0 Å². The van der Waals surface area contributed by atoms with Gasteiger partial charge in [0, 0.05) is 12.2 Å². The molecule has 1 aliphatic rings. The third-order valence-corrected chi connectivity index (χ3v) is 5.32. The second-order valence-electron chi connectivity index (χ2n) is 7.53. The van der Waals surface area contributed by atoms with Gasteiger partial charge in [-0.05, 0) is 31.7 Å². The highest BCUT2D eigenvalue weighted by molar-refractivity contribution is 6.06. The van der Waals surface area contributed by atoms with Gasteiger partial charge in [-0.3, -0.25) is 9.59 Å². The number of carboxylic acid groups (broad SMARTS) is 1. The van der Waals surface area contributed by atoms with Gasteiger partial charge in [0.1, 0.15) is 0 Å². The predicted octanol–water partition coefficient (Wildman–Crippen LogP) is 3.42. The minimum atomic E-state index is -0.870. The lowest BCUT2D eigenvalue weighted by molar-refractivity contribution is -0.150. The molecule has 1 aliphatic carbocycles. The number of fused-ring (bicyclic) bond motifs is 1. The zero-order valence-electron chi connectivity index (χ0n) is 15.5. The monoisotopic (exact) mass is 359 g/mol. The van der Waals surface area contributed by atoms with Gasteiger partial charge in [0.15, 0.2) is 0 Å². The van der Waals surface area contributed by atoms with Crippen LogP contribution in [0.15, 0.2) is 10.6 Å². The van der Waals surface area contributed by atoms with Crippen molar-refractivity contribution >= 4 is 23.0 Å². The quantitative estimate of drug-likeness (QED) is 0.847. The van der Waals surface area contributed by atoms with E-state index >= 15 is 0 Å². The molecule has 0 bridgehead atoms. The zero-order valence-corrected chi connectivity index (χ0v) is 15.5. The van der Waals surface area contributed by atoms with Crippen LogP contribution in [0.1, 0.15) is 73.6 Å². The number of aryl methyl sites for hydroxylation is 1. The van der Waals surface area contributed by atoms with Gasteiger partial charge in [-0.2, -0.15) is 0 Å². The molecule has 1 saturated carbocycles. The summed E-state index contributed by atoms with van der Waals surface area (Å²) in [6.07, 6.45) is 4.00. The van der Waals surface area contributed by atoms with E-state index < -0.39 is 11.4 Å². The van der Waals surface area contributed by atoms with Crippen LogP contribution in [0.2, 0.25) is 0 Å². The Morgan fingerprint density at radius 3 is 2.62 bits per heavy atom. The molecule has 2 heterocycles. The molecule has 0 atom stereocenters. The van der Waals surface area contributed by atoms with Crippen molar-refractivity contribution in [2.24, 2.45) is 5.41 Å². The SMILES string of the molecule is Cc1noc2nc(C(C)C)cc(C(=O)NCC3(C(=O)O)CCCCC3)c12. The lowest BCUT2D eigenvalue weighted by Crippen LogP contribution is -2.44. The molecule has 0 aliphatic heterocycles. The molecule has 0 spiro atoms. The van der Waals surface area contributed by atoms with Crippen molar-refractivity contribution in [1.82, 2.24) is 15.5 Å². The van der Waals surface area contributed by atoms with Gasteiger partial charge in [0.05, 0.1) is 22.1 Å². The van der Waals surface area contributed by atoms with Crippen LogP contribution in [0.25, 0.3) is 11.1 Å². The summed E-state index contributed by atoms with van der Waals surface area (Å²) in [5, 5.41) is 17.0. The number of rotatable bonds is 5. The Morgan fingerprint density at radius 1 is 1.31 bits per heavy atom. The van der Waals surface area contributed by atoms with Gasteiger partial charge in [-0.15, -0.1) is 0 Å². The van der Waals surface area contributed by atoms with Crippen molar-refractivity contribution in [2.75, 3.05) is 6.54 Å². The van der Waals surface area contributed by atoms with E-state index in [-0.39, 0.29) is 18.4 Å². The highest BCUT2D eigenvalue weighted by Crippen LogP contribution is 2.36. The van der Waals surface area contributed by atoms with Crippen LogP contribution in [0, 0.1) is 12.3 Å². The molecule has 0 radical (unpaired) electrons. The van der Waals surface area contributed by atoms with E-state index in [0.717, 1.165) is 25.0 Å². The van der Waals surface area contributed by atoms with Crippen LogP contribution in [0.5, 0.6) is 0 Å². The van der Waals surface area contributed by atoms with Crippen molar-refractivity contribution in [3.8, 4) is 0 Å². The number of carbonyl (C=O) groups is 2. The first-order chi connectivity index (χ1) is 12.3. The largest absolute Gasteiger partial charge is 0.481 e. The molecule has 0 unspecified atom stereocenters. The Labute approximate surface area is 152 Å². The summed E-state index contributed by atoms with van der Waals surface area (Å²) in [7, 11) is 0. The van der Waals surface area contributed by atoms with Gasteiger partial charge in [0.2, 0.25) is 0 Å². The molecule has 3 rings (SSSR count). The van der Waals surface area contributed by atoms with E-state index in [9.17, 15) is 14.7 Å². The van der Waals surface area contributed by atoms with E-state index in [1.54, 1.807) is 13.0 Å². The smallest absolute Gasteiger partial charge is 0.311 e. The first-order valence-electron chi connectivity index (χ1n) is 9.12. The van der Waals surface area contributed by atoms with Crippen LogP contribution in [-0.2, 0) is 4.79 Å². The number of hydrogen-bond donors (Lipinski definition) is 2. The summed E-state index contributed by atoms with van der Waals surface area (Å²) in [5.74, 6) is -1.02. The van der Waals surface area contributed by atoms with Crippen molar-refractivity contribution in [3.63, 3.8) is 0 Å². The lowest BCUT2D eigenvalue weighted by atomic mass is 9.74. The summed E-state index contributed by atoms with van der Waals surface area (Å²) < 4.78 is 5.25. The van der Waals surface area contributed by atoms with Crippen LogP contribution in [0.3, 0.4) is 0 Å². The van der Waals surface area contributed by atoms with E-state index in [0.29, 0.717) is 35.2 Å². The average Bonchev–Trinajstić information content (AvgIpc) is 3.00. The standard InChI is InChI=1S/C19H25N3O4/c1-11(2)14-9-13(15-12(3)22-26-17(15)21-14)16(23)20-10-19(18(24)25)7-5-4-6-8-19/h9,11H,4-8,10H2,1-3H3,(H,20,23)(H,24,25). The second-order valence-corrected chi connectivity index (χ2v) is 7.53. The molecule has 7 nitrogen and oxygen atoms in total. The number of nitrogens with one attached hydrogen (secondary N) is 1. The average molecular weight is 359 g/mol. The van der Waals surface area contributed by atoms with E-state index in [2.05, 4.69) is 15.5 Å². The Balaban J connectivity index is 1.89. The third-order valence-electron chi connectivity index (χ3n) is 5.32. The number of hydrogen-bond acceptors (Lipinski definition) is 5. The number of carboxylic acids is 1. The number of pyridine rings is 1. The van der Waals surface area contributed by atoms with Crippen LogP contribution in [-0.4, -0.2) is 33.7 Å². The van der Waals surface area contributed by atoms with Gasteiger partial charge in [-0.25, -0.2) is 4.98 Å². The van der Waals surface area contributed by atoms with Crippen molar-refractivity contribution in [2.45, 2.75) is 58.8 Å². The number of amides is 1. The molecule has 1 fully saturated rings. The maximum Gasteiger partial charge on any atom is 0.311 e. The summed E-state index contributed by atoms with van der Waals surface area (Å²) >= 11 is 0. The van der Waals surface area contributed by atoms with Crippen LogP contribution in [0.4, 0.5) is 0 Å². The lowest BCUT2D eigenvalue weighted by Gasteiger charge is -2.33. The summed E-state index contributed by atoms with van der Waals surface area (Å²) in [5.41, 5.74) is 1.24. The van der Waals surface area contributed by atoms with Gasteiger partial charge in [-0.1, -0.05) is 38.3 Å². The molecule has 0 aromatic carbocycles. The zero-order chi connectivity index (χ0) is 18.9. The number of aliphatic carboxylic acids is 1. The fourth-order valence-electron chi connectivity index (χ4n) is 3.63. The first-order valence-corrected chi connectivity index (χ1v) is 9.12. The van der Waals surface area contributed by atoms with Crippen LogP contribution >= 0.6 is 0 Å². The highest BCUT2D eigenvalue weighted by Gasteiger charge is 2.40. The number of carbonyl (C=O) groups excluding carboxylic acids is 1. The maximum absolute atomic E-state index is 12.9. The summed E-state index contributed by atoms with van der Waals surface area (Å²) in [6.45, 7) is 5.87. The summed E-state index contributed by atoms with van der Waals surface area (Å²) in [6, 6.07) is 1.75. The Morgan fingerprint density at radius 2 is 2.00 bits per heavy atom. The normalized spacial score (nSPS) is 16.8. The molecule has 2 N–H and O–H groups in total. The fraction of sp³-hybridized carbons (Fsp3) is 0.579. The van der Waals surface area contributed by atoms with E-state index in [4.69, 9.17) is 4.52 Å². The van der Waals surface area contributed by atoms with Gasteiger partial charge >= 0.3 is 5.97 Å². The van der Waals surface area contributed by atoms with Crippen LogP contribution < -0.4 is 5.32 Å². The molecule has 2 aromatic rings. The Hall–Kier alpha value is -2.44. The predicted molar refractivity (Wildman–Crippen MR) is 96.1 cm³/mol. The van der Waals surface area contributed by atoms with Crippen molar-refractivity contribution in [3.05, 3.63) is 23.0 Å². The fourth-order valence-corrected chi connectivity index (χ4v) is 3.63. The first kappa shape index (κ1) is 18.4. The molecular weight excluding hydrogens is 334 g/mol. The molecule has 0 saturated heterocycles. The summed E-state index contributed by atoms with van der Waals surface area (Å²) in [4.78, 5) is 29.1. The molecule has 2 aromatic heterocycles. The van der Waals surface area contributed by atoms with Gasteiger partial charge in [0.25, 0.3) is 11.6 Å². The highest BCUT2D eigenvalue weighted by atomic mass is 16.5. The Bertz CT molecular complexity index is 835. The minimum Gasteiger partial charge on any atom is -0.481 e. The molecule has 7 heteroatoms. The molecule has 140 valence electrons. The number of nitrogens with zero attached hydrogens (tertiary/aromatic N) is 2. The van der Waals surface area contributed by atoms with E-state index in [1.807, 2.05) is 13.8 Å². The van der Waals surface area contributed by atoms with E-state index in [1.165, 1.54) is 0 Å². The van der Waals surface area contributed by atoms with Crippen molar-refractivity contribution < 1.29 is 19.2 Å². The van der Waals surface area contributed by atoms with Gasteiger partial charge < -0.3 is 14.9 Å². The topological polar surface area (TPSA) is 105 Å². The third kappa shape index (κ3) is 3.30. The molecule has 1 amide bonds.